The first-order valence-corrected chi connectivity index (χ1v) is 7.45. The smallest absolute Gasteiger partial charge is 0.0929 e. The predicted molar refractivity (Wildman–Crippen MR) is 81.5 cm³/mol. The fraction of sp³-hybridized carbons (Fsp3) is 0.571. The highest BCUT2D eigenvalue weighted by Gasteiger charge is 2.18. The van der Waals surface area contributed by atoms with E-state index in [1.165, 1.54) is 0 Å². The molecule has 112 valence electrons. The lowest BCUT2D eigenvalue weighted by Gasteiger charge is -2.30. The molecule has 20 heavy (non-hydrogen) atoms. The lowest BCUT2D eigenvalue weighted by Crippen LogP contribution is -2.45. The van der Waals surface area contributed by atoms with Gasteiger partial charge in [0.1, 0.15) is 0 Å². The molecule has 1 fully saturated rings. The average Bonchev–Trinajstić information content (AvgIpc) is 2.41. The number of likely N-dealkylation sites (N-methyl/N-ethyl adjacent to an activating group) is 1. The topological polar surface area (TPSA) is 44.7 Å². The van der Waals surface area contributed by atoms with Crippen molar-refractivity contribution in [2.45, 2.75) is 12.2 Å². The van der Waals surface area contributed by atoms with Crippen LogP contribution in [0.25, 0.3) is 0 Å². The van der Waals surface area contributed by atoms with Crippen LogP contribution in [0.2, 0.25) is 10.0 Å². The van der Waals surface area contributed by atoms with Gasteiger partial charge in [0.15, 0.2) is 0 Å². The Labute approximate surface area is 129 Å². The Bertz CT molecular complexity index is 445. The van der Waals surface area contributed by atoms with Gasteiger partial charge < -0.3 is 20.1 Å². The molecule has 0 radical (unpaired) electrons. The summed E-state index contributed by atoms with van der Waals surface area (Å²) in [4.78, 5) is 2.24. The van der Waals surface area contributed by atoms with Gasteiger partial charge in [0, 0.05) is 41.8 Å². The molecule has 0 amide bonds. The minimum Gasteiger partial charge on any atom is -0.387 e. The third-order valence-electron chi connectivity index (χ3n) is 3.37. The van der Waals surface area contributed by atoms with Crippen molar-refractivity contribution >= 4 is 23.2 Å². The zero-order valence-electron chi connectivity index (χ0n) is 11.5. The zero-order valence-corrected chi connectivity index (χ0v) is 13.0. The largest absolute Gasteiger partial charge is 0.387 e. The molecule has 2 rings (SSSR count). The molecule has 0 saturated carbocycles. The summed E-state index contributed by atoms with van der Waals surface area (Å²) in [5.74, 6) is 0. The van der Waals surface area contributed by atoms with Crippen molar-refractivity contribution in [2.75, 3.05) is 39.8 Å². The van der Waals surface area contributed by atoms with Crippen LogP contribution in [0.15, 0.2) is 18.2 Å². The van der Waals surface area contributed by atoms with Gasteiger partial charge in [0.2, 0.25) is 0 Å². The number of ether oxygens (including phenoxy) is 1. The molecule has 2 N–H and O–H groups in total. The Kier molecular flexibility index (Phi) is 6.08. The van der Waals surface area contributed by atoms with Crippen molar-refractivity contribution in [3.63, 3.8) is 0 Å². The zero-order chi connectivity index (χ0) is 14.5. The molecule has 1 aliphatic rings. The van der Waals surface area contributed by atoms with Crippen LogP contribution in [0.3, 0.4) is 0 Å². The molecule has 0 bridgehead atoms. The second kappa shape index (κ2) is 7.59. The number of rotatable bonds is 5. The van der Waals surface area contributed by atoms with E-state index in [1.54, 1.807) is 18.2 Å². The van der Waals surface area contributed by atoms with Crippen LogP contribution in [-0.2, 0) is 4.74 Å². The molecule has 1 aromatic carbocycles. The minimum absolute atomic E-state index is 0.163. The number of aliphatic hydroxyl groups is 1. The summed E-state index contributed by atoms with van der Waals surface area (Å²) in [5, 5.41) is 14.5. The molecule has 1 saturated heterocycles. The monoisotopic (exact) mass is 318 g/mol. The van der Waals surface area contributed by atoms with Gasteiger partial charge in [-0.15, -0.1) is 0 Å². The summed E-state index contributed by atoms with van der Waals surface area (Å²) in [7, 11) is 2.08. The molecule has 0 aromatic heterocycles. The van der Waals surface area contributed by atoms with Gasteiger partial charge in [-0.05, 0) is 25.2 Å². The average molecular weight is 319 g/mol. The number of nitrogens with one attached hydrogen (secondary N) is 1. The van der Waals surface area contributed by atoms with Crippen molar-refractivity contribution in [3.8, 4) is 0 Å². The summed E-state index contributed by atoms with van der Waals surface area (Å²) in [6.45, 7) is 3.76. The van der Waals surface area contributed by atoms with E-state index < -0.39 is 6.10 Å². The molecule has 2 atom stereocenters. The van der Waals surface area contributed by atoms with Crippen LogP contribution in [0, 0.1) is 0 Å². The second-order valence-electron chi connectivity index (χ2n) is 5.09. The highest BCUT2D eigenvalue weighted by molar-refractivity contribution is 6.33. The molecular formula is C14H20Cl2N2O2. The van der Waals surface area contributed by atoms with E-state index in [2.05, 4.69) is 17.3 Å². The van der Waals surface area contributed by atoms with Crippen LogP contribution >= 0.6 is 23.2 Å². The highest BCUT2D eigenvalue weighted by Crippen LogP contribution is 2.25. The van der Waals surface area contributed by atoms with Crippen molar-refractivity contribution in [3.05, 3.63) is 33.8 Å². The maximum absolute atomic E-state index is 10.2. The molecular weight excluding hydrogens is 299 g/mol. The molecule has 0 aliphatic carbocycles. The molecule has 1 heterocycles. The maximum Gasteiger partial charge on any atom is 0.0929 e. The summed E-state index contributed by atoms with van der Waals surface area (Å²) < 4.78 is 5.65. The molecule has 4 nitrogen and oxygen atoms in total. The van der Waals surface area contributed by atoms with Crippen LogP contribution < -0.4 is 5.32 Å². The Hall–Kier alpha value is -0.360. The lowest BCUT2D eigenvalue weighted by molar-refractivity contribution is -0.0191. The van der Waals surface area contributed by atoms with Gasteiger partial charge in [-0.2, -0.15) is 0 Å². The Morgan fingerprint density at radius 2 is 2.30 bits per heavy atom. The Morgan fingerprint density at radius 3 is 3.05 bits per heavy atom. The standard InChI is InChI=1S/C14H20Cl2N2O2/c1-18-4-5-20-11(9-18)7-17-8-14(19)12-6-10(15)2-3-13(12)16/h2-3,6,11,14,17,19H,4-5,7-9H2,1H3. The maximum atomic E-state index is 10.2. The van der Waals surface area contributed by atoms with Crippen molar-refractivity contribution < 1.29 is 9.84 Å². The minimum atomic E-state index is -0.678. The van der Waals surface area contributed by atoms with Crippen LogP contribution in [-0.4, -0.2) is 55.9 Å². The van der Waals surface area contributed by atoms with Gasteiger partial charge in [-0.3, -0.25) is 0 Å². The van der Waals surface area contributed by atoms with Gasteiger partial charge in [-0.1, -0.05) is 23.2 Å². The first kappa shape index (κ1) is 16.0. The van der Waals surface area contributed by atoms with E-state index in [-0.39, 0.29) is 6.10 Å². The second-order valence-corrected chi connectivity index (χ2v) is 5.94. The van der Waals surface area contributed by atoms with Crippen molar-refractivity contribution in [1.82, 2.24) is 10.2 Å². The van der Waals surface area contributed by atoms with Crippen molar-refractivity contribution in [1.29, 1.82) is 0 Å². The number of hydrogen-bond donors (Lipinski definition) is 2. The number of nitrogens with zero attached hydrogens (tertiary/aromatic N) is 1. The number of aliphatic hydroxyl groups excluding tert-OH is 1. The summed E-state index contributed by atoms with van der Waals surface area (Å²) >= 11 is 12.0. The molecule has 6 heteroatoms. The third kappa shape index (κ3) is 4.58. The number of hydrogen-bond acceptors (Lipinski definition) is 4. The third-order valence-corrected chi connectivity index (χ3v) is 3.95. The number of morpholine rings is 1. The van der Waals surface area contributed by atoms with Crippen LogP contribution in [0.4, 0.5) is 0 Å². The first-order valence-electron chi connectivity index (χ1n) is 6.70. The summed E-state index contributed by atoms with van der Waals surface area (Å²) in [5.41, 5.74) is 0.647. The SMILES string of the molecule is CN1CCOC(CNCC(O)c2cc(Cl)ccc2Cl)C1. The molecule has 2 unspecified atom stereocenters. The summed E-state index contributed by atoms with van der Waals surface area (Å²) in [6.07, 6.45) is -0.515. The van der Waals surface area contributed by atoms with Crippen LogP contribution in [0.5, 0.6) is 0 Å². The summed E-state index contributed by atoms with van der Waals surface area (Å²) in [6, 6.07) is 5.10. The molecule has 1 aromatic rings. The van der Waals surface area contributed by atoms with E-state index in [4.69, 9.17) is 27.9 Å². The normalized spacial score (nSPS) is 21.9. The molecule has 1 aliphatic heterocycles. The van der Waals surface area contributed by atoms with Gasteiger partial charge >= 0.3 is 0 Å². The van der Waals surface area contributed by atoms with E-state index in [1.807, 2.05) is 0 Å². The first-order chi connectivity index (χ1) is 9.56. The van der Waals surface area contributed by atoms with Crippen molar-refractivity contribution in [2.24, 2.45) is 0 Å². The number of halogens is 2. The molecule has 0 spiro atoms. The van der Waals surface area contributed by atoms with E-state index in [9.17, 15) is 5.11 Å². The quantitative estimate of drug-likeness (QED) is 0.871. The Morgan fingerprint density at radius 1 is 1.50 bits per heavy atom. The van der Waals surface area contributed by atoms with Gasteiger partial charge in [0.25, 0.3) is 0 Å². The van der Waals surface area contributed by atoms with E-state index >= 15 is 0 Å². The predicted octanol–water partition coefficient (Wildman–Crippen LogP) is 1.95. The fourth-order valence-electron chi connectivity index (χ4n) is 2.25. The van der Waals surface area contributed by atoms with Crippen LogP contribution in [0.1, 0.15) is 11.7 Å². The number of benzene rings is 1. The van der Waals surface area contributed by atoms with E-state index in [0.29, 0.717) is 28.7 Å². The Balaban J connectivity index is 1.80. The van der Waals surface area contributed by atoms with Gasteiger partial charge in [-0.25, -0.2) is 0 Å². The van der Waals surface area contributed by atoms with E-state index in [0.717, 1.165) is 19.7 Å². The van der Waals surface area contributed by atoms with Gasteiger partial charge in [0.05, 0.1) is 18.8 Å². The fourth-order valence-corrected chi connectivity index (χ4v) is 2.68. The lowest BCUT2D eigenvalue weighted by atomic mass is 10.1. The highest BCUT2D eigenvalue weighted by atomic mass is 35.5.